The molecule has 0 aliphatic rings. The summed E-state index contributed by atoms with van der Waals surface area (Å²) in [5.74, 6) is -0.357. The number of hydrogen-bond donors (Lipinski definition) is 0. The number of hydrogen-bond acceptors (Lipinski definition) is 0. The van der Waals surface area contributed by atoms with Crippen molar-refractivity contribution in [2.75, 3.05) is 0 Å². The lowest BCUT2D eigenvalue weighted by Crippen LogP contribution is -2.06. The van der Waals surface area contributed by atoms with Crippen molar-refractivity contribution >= 4 is 15.9 Å². The summed E-state index contributed by atoms with van der Waals surface area (Å²) in [7, 11) is 0. The Balaban J connectivity index is 2.22. The molecule has 2 aromatic rings. The summed E-state index contributed by atoms with van der Waals surface area (Å²) in [6.45, 7) is 0. The van der Waals surface area contributed by atoms with Crippen LogP contribution in [-0.2, 0) is 12.6 Å². The first kappa shape index (κ1) is 15.0. The fraction of sp³-hybridized carbons (Fsp3) is 0.200. The maximum absolute atomic E-state index is 13.5. The summed E-state index contributed by atoms with van der Waals surface area (Å²) < 4.78 is 51.5. The van der Waals surface area contributed by atoms with Gasteiger partial charge in [0.15, 0.2) is 0 Å². The van der Waals surface area contributed by atoms with Crippen molar-refractivity contribution in [3.8, 4) is 0 Å². The summed E-state index contributed by atoms with van der Waals surface area (Å²) in [6, 6.07) is 11.3. The Morgan fingerprint density at radius 3 is 2.35 bits per heavy atom. The van der Waals surface area contributed by atoms with Gasteiger partial charge in [0.2, 0.25) is 0 Å². The molecular weight excluding hydrogens is 336 g/mol. The molecule has 0 radical (unpaired) electrons. The molecule has 0 nitrogen and oxygen atoms in total. The van der Waals surface area contributed by atoms with Gasteiger partial charge in [0.25, 0.3) is 0 Å². The molecule has 5 heteroatoms. The van der Waals surface area contributed by atoms with E-state index < -0.39 is 11.7 Å². The molecule has 106 valence electrons. The summed E-state index contributed by atoms with van der Waals surface area (Å²) in [4.78, 5) is -0.373. The third-order valence-corrected chi connectivity index (χ3v) is 3.79. The Bertz CT molecular complexity index is 592. The number of halogens is 5. The van der Waals surface area contributed by atoms with Gasteiger partial charge in [-0.3, -0.25) is 0 Å². The number of rotatable bonds is 3. The first-order valence-electron chi connectivity index (χ1n) is 5.92. The average molecular weight is 347 g/mol. The van der Waals surface area contributed by atoms with Gasteiger partial charge in [-0.2, -0.15) is 13.2 Å². The molecule has 0 fully saturated rings. The van der Waals surface area contributed by atoms with E-state index in [9.17, 15) is 17.6 Å². The van der Waals surface area contributed by atoms with Crippen LogP contribution >= 0.6 is 15.9 Å². The van der Waals surface area contributed by atoms with Crippen molar-refractivity contribution in [3.63, 3.8) is 0 Å². The molecule has 0 N–H and O–H groups in total. The molecule has 1 unspecified atom stereocenters. The van der Waals surface area contributed by atoms with Crippen LogP contribution < -0.4 is 0 Å². The fourth-order valence-electron chi connectivity index (χ4n) is 1.88. The Hall–Kier alpha value is -1.36. The van der Waals surface area contributed by atoms with Gasteiger partial charge < -0.3 is 0 Å². The molecule has 0 bridgehead atoms. The van der Waals surface area contributed by atoms with Crippen molar-refractivity contribution in [2.45, 2.75) is 17.4 Å². The number of benzene rings is 2. The lowest BCUT2D eigenvalue weighted by Gasteiger charge is -2.13. The third-order valence-electron chi connectivity index (χ3n) is 2.93. The van der Waals surface area contributed by atoms with E-state index >= 15 is 0 Å². The fourth-order valence-corrected chi connectivity index (χ4v) is 2.52. The molecule has 0 aliphatic carbocycles. The Morgan fingerprint density at radius 1 is 1.00 bits per heavy atom. The van der Waals surface area contributed by atoms with Crippen LogP contribution in [-0.4, -0.2) is 0 Å². The summed E-state index contributed by atoms with van der Waals surface area (Å²) in [5, 5.41) is 0. The second-order valence-electron chi connectivity index (χ2n) is 4.39. The summed E-state index contributed by atoms with van der Waals surface area (Å²) in [6.07, 6.45) is -4.09. The van der Waals surface area contributed by atoms with Crippen LogP contribution in [0.5, 0.6) is 0 Å². The van der Waals surface area contributed by atoms with Gasteiger partial charge in [0, 0.05) is 4.83 Å². The Kier molecular flexibility index (Phi) is 4.48. The smallest absolute Gasteiger partial charge is 0.207 e. The van der Waals surface area contributed by atoms with Gasteiger partial charge in [-0.1, -0.05) is 52.3 Å². The van der Waals surface area contributed by atoms with E-state index in [1.54, 1.807) is 24.3 Å². The van der Waals surface area contributed by atoms with Crippen LogP contribution in [0.2, 0.25) is 0 Å². The quantitative estimate of drug-likeness (QED) is 0.506. The summed E-state index contributed by atoms with van der Waals surface area (Å²) >= 11 is 3.32. The average Bonchev–Trinajstić information content (AvgIpc) is 2.40. The predicted octanol–water partition coefficient (Wildman–Crippen LogP) is 5.52. The minimum atomic E-state index is -4.37. The highest BCUT2D eigenvalue weighted by Gasteiger charge is 2.30. The highest BCUT2D eigenvalue weighted by Crippen LogP contribution is 2.34. The van der Waals surface area contributed by atoms with E-state index in [4.69, 9.17) is 0 Å². The maximum Gasteiger partial charge on any atom is 0.416 e. The monoisotopic (exact) mass is 346 g/mol. The normalized spacial score (nSPS) is 13.2. The molecule has 0 spiro atoms. The molecule has 2 rings (SSSR count). The zero-order valence-corrected chi connectivity index (χ0v) is 11.9. The van der Waals surface area contributed by atoms with Gasteiger partial charge in [0.1, 0.15) is 5.82 Å². The lowest BCUT2D eigenvalue weighted by molar-refractivity contribution is -0.137. The Labute approximate surface area is 122 Å². The largest absolute Gasteiger partial charge is 0.416 e. The highest BCUT2D eigenvalue weighted by molar-refractivity contribution is 9.09. The molecule has 2 aromatic carbocycles. The molecule has 0 heterocycles. The lowest BCUT2D eigenvalue weighted by atomic mass is 10.0. The van der Waals surface area contributed by atoms with Crippen molar-refractivity contribution in [1.29, 1.82) is 0 Å². The second-order valence-corrected chi connectivity index (χ2v) is 5.49. The van der Waals surface area contributed by atoms with E-state index in [0.717, 1.165) is 12.1 Å². The zero-order valence-electron chi connectivity index (χ0n) is 10.3. The van der Waals surface area contributed by atoms with E-state index in [0.29, 0.717) is 11.1 Å². The molecule has 0 saturated carbocycles. The van der Waals surface area contributed by atoms with Crippen molar-refractivity contribution in [2.24, 2.45) is 0 Å². The molecule has 0 amide bonds. The van der Waals surface area contributed by atoms with E-state index in [2.05, 4.69) is 15.9 Å². The topological polar surface area (TPSA) is 0 Å². The highest BCUT2D eigenvalue weighted by atomic mass is 79.9. The molecule has 0 saturated heterocycles. The Morgan fingerprint density at radius 2 is 1.70 bits per heavy atom. The van der Waals surface area contributed by atoms with Crippen LogP contribution in [0.25, 0.3) is 0 Å². The zero-order chi connectivity index (χ0) is 14.8. The molecule has 0 aliphatic heterocycles. The van der Waals surface area contributed by atoms with Crippen molar-refractivity contribution in [1.82, 2.24) is 0 Å². The van der Waals surface area contributed by atoms with Crippen LogP contribution in [0.15, 0.2) is 48.5 Å². The first-order chi connectivity index (χ1) is 9.38. The third kappa shape index (κ3) is 3.60. The molecule has 0 aromatic heterocycles. The van der Waals surface area contributed by atoms with Gasteiger partial charge in [0.05, 0.1) is 5.56 Å². The van der Waals surface area contributed by atoms with E-state index in [-0.39, 0.29) is 17.1 Å². The first-order valence-corrected chi connectivity index (χ1v) is 6.84. The molecule has 1 atom stereocenters. The standard InChI is InChI=1S/C15H11BrF4/c16-13(9-11-4-1-2-7-14(11)17)10-5-3-6-12(8-10)15(18,19)20/h1-8,13H,9H2. The van der Waals surface area contributed by atoms with E-state index in [1.807, 2.05) is 0 Å². The van der Waals surface area contributed by atoms with Gasteiger partial charge in [-0.25, -0.2) is 4.39 Å². The summed E-state index contributed by atoms with van der Waals surface area (Å²) in [5.41, 5.74) is 0.239. The maximum atomic E-state index is 13.5. The van der Waals surface area contributed by atoms with E-state index in [1.165, 1.54) is 12.1 Å². The predicted molar refractivity (Wildman–Crippen MR) is 73.2 cm³/mol. The number of alkyl halides is 4. The van der Waals surface area contributed by atoms with Crippen molar-refractivity contribution in [3.05, 3.63) is 71.0 Å². The minimum Gasteiger partial charge on any atom is -0.207 e. The van der Waals surface area contributed by atoms with Gasteiger partial charge in [-0.15, -0.1) is 0 Å². The van der Waals surface area contributed by atoms with Crippen LogP contribution in [0.3, 0.4) is 0 Å². The van der Waals surface area contributed by atoms with Crippen molar-refractivity contribution < 1.29 is 17.6 Å². The van der Waals surface area contributed by atoms with Crippen LogP contribution in [0.4, 0.5) is 17.6 Å². The van der Waals surface area contributed by atoms with Crippen LogP contribution in [0, 0.1) is 5.82 Å². The van der Waals surface area contributed by atoms with Gasteiger partial charge >= 0.3 is 6.18 Å². The minimum absolute atomic E-state index is 0.286. The molecule has 20 heavy (non-hydrogen) atoms. The second kappa shape index (κ2) is 5.95. The van der Waals surface area contributed by atoms with Gasteiger partial charge in [-0.05, 0) is 29.7 Å². The SMILES string of the molecule is Fc1ccccc1CC(Br)c1cccc(C(F)(F)F)c1. The molecular formula is C15H11BrF4. The van der Waals surface area contributed by atoms with Crippen LogP contribution in [0.1, 0.15) is 21.5 Å².